The number of nitro groups is 1. The highest BCUT2D eigenvalue weighted by atomic mass is 16.6. The van der Waals surface area contributed by atoms with Crippen LogP contribution >= 0.6 is 0 Å². The lowest BCUT2D eigenvalue weighted by molar-refractivity contribution is -0.384. The number of amides is 1. The largest absolute Gasteiger partial charge is 0.389 e. The number of likely N-dealkylation sites (N-methyl/N-ethyl adjacent to an activating group) is 1. The number of nitrogens with two attached hydrogens (primary N) is 1. The summed E-state index contributed by atoms with van der Waals surface area (Å²) in [6.45, 7) is 3.25. The zero-order valence-corrected chi connectivity index (χ0v) is 11.6. The highest BCUT2D eigenvalue weighted by molar-refractivity contribution is 5.95. The van der Waals surface area contributed by atoms with Gasteiger partial charge in [-0.25, -0.2) is 0 Å². The predicted octanol–water partition coefficient (Wildman–Crippen LogP) is 0.723. The van der Waals surface area contributed by atoms with Gasteiger partial charge in [0.1, 0.15) is 5.69 Å². The molecule has 0 aliphatic rings. The summed E-state index contributed by atoms with van der Waals surface area (Å²) in [5.41, 5.74) is 1.15. The van der Waals surface area contributed by atoms with Crippen LogP contribution in [0.15, 0.2) is 18.2 Å². The number of hydrazine groups is 1. The molecule has 0 aromatic heterocycles. The van der Waals surface area contributed by atoms with Crippen molar-refractivity contribution >= 4 is 17.3 Å². The Morgan fingerprint density at radius 1 is 1.55 bits per heavy atom. The normalized spacial score (nSPS) is 11.1. The molecule has 0 radical (unpaired) electrons. The molecule has 0 heterocycles. The zero-order valence-electron chi connectivity index (χ0n) is 11.6. The lowest BCUT2D eigenvalue weighted by Crippen LogP contribution is -2.39. The number of nitrogens with zero attached hydrogens (tertiary/aromatic N) is 2. The molecule has 20 heavy (non-hydrogen) atoms. The molecule has 0 bridgehead atoms. The molecule has 0 aliphatic heterocycles. The van der Waals surface area contributed by atoms with Gasteiger partial charge in [0, 0.05) is 25.2 Å². The van der Waals surface area contributed by atoms with Crippen LogP contribution in [0.2, 0.25) is 0 Å². The third kappa shape index (κ3) is 3.90. The summed E-state index contributed by atoms with van der Waals surface area (Å²) in [6.07, 6.45) is 0. The van der Waals surface area contributed by atoms with Crippen molar-refractivity contribution in [1.82, 2.24) is 4.90 Å². The summed E-state index contributed by atoms with van der Waals surface area (Å²) in [5, 5.41) is 20.6. The van der Waals surface area contributed by atoms with Crippen LogP contribution in [-0.4, -0.2) is 40.0 Å². The third-order valence-electron chi connectivity index (χ3n) is 2.57. The number of aliphatic hydroxyl groups is 1. The summed E-state index contributed by atoms with van der Waals surface area (Å²) < 4.78 is 0. The van der Waals surface area contributed by atoms with E-state index >= 15 is 0 Å². The van der Waals surface area contributed by atoms with Gasteiger partial charge < -0.3 is 15.4 Å². The van der Waals surface area contributed by atoms with E-state index < -0.39 is 16.4 Å². The molecule has 0 saturated carbocycles. The zero-order chi connectivity index (χ0) is 15.5. The molecule has 8 heteroatoms. The highest BCUT2D eigenvalue weighted by Crippen LogP contribution is 2.25. The lowest BCUT2D eigenvalue weighted by atomic mass is 10.1. The average Bonchev–Trinajstić information content (AvgIpc) is 2.34. The van der Waals surface area contributed by atoms with Gasteiger partial charge in [0.2, 0.25) is 0 Å². The van der Waals surface area contributed by atoms with Crippen LogP contribution in [0, 0.1) is 10.1 Å². The van der Waals surface area contributed by atoms with E-state index in [2.05, 4.69) is 5.43 Å². The van der Waals surface area contributed by atoms with Crippen LogP contribution in [0.3, 0.4) is 0 Å². The smallest absolute Gasteiger partial charge is 0.294 e. The van der Waals surface area contributed by atoms with Gasteiger partial charge in [0.25, 0.3) is 11.6 Å². The lowest BCUT2D eigenvalue weighted by Gasteiger charge is -2.25. The molecule has 0 aliphatic carbocycles. The van der Waals surface area contributed by atoms with Gasteiger partial charge in [-0.2, -0.15) is 0 Å². The van der Waals surface area contributed by atoms with Gasteiger partial charge >= 0.3 is 0 Å². The number of nitrogens with one attached hydrogen (secondary N) is 1. The Balaban J connectivity index is 3.05. The molecule has 8 nitrogen and oxygen atoms in total. The molecule has 0 atom stereocenters. The van der Waals surface area contributed by atoms with Crippen molar-refractivity contribution in [3.63, 3.8) is 0 Å². The molecule has 1 rings (SSSR count). The fraction of sp³-hybridized carbons (Fsp3) is 0.417. The molecule has 1 aromatic carbocycles. The van der Waals surface area contributed by atoms with E-state index in [9.17, 15) is 20.0 Å². The van der Waals surface area contributed by atoms with E-state index in [1.165, 1.54) is 24.1 Å². The van der Waals surface area contributed by atoms with Crippen molar-refractivity contribution in [2.45, 2.75) is 19.4 Å². The van der Waals surface area contributed by atoms with Crippen molar-refractivity contribution in [1.29, 1.82) is 0 Å². The summed E-state index contributed by atoms with van der Waals surface area (Å²) in [4.78, 5) is 23.7. The van der Waals surface area contributed by atoms with Crippen LogP contribution in [-0.2, 0) is 0 Å². The standard InChI is InChI=1S/C12H18N4O4/c1-12(2,18)7-15(3)11(17)8-4-5-9(14-13)10(6-8)16(19)20/h4-6,14,18H,7,13H2,1-3H3. The van der Waals surface area contributed by atoms with Crippen LogP contribution < -0.4 is 11.3 Å². The number of hydrogen-bond donors (Lipinski definition) is 3. The number of nitro benzene ring substituents is 1. The summed E-state index contributed by atoms with van der Waals surface area (Å²) in [6, 6.07) is 3.95. The Bertz CT molecular complexity index is 525. The van der Waals surface area contributed by atoms with Crippen LogP contribution in [0.5, 0.6) is 0 Å². The second kappa shape index (κ2) is 5.85. The molecular formula is C12H18N4O4. The summed E-state index contributed by atoms with van der Waals surface area (Å²) >= 11 is 0. The Kier molecular flexibility index (Phi) is 4.64. The quantitative estimate of drug-likeness (QED) is 0.415. The van der Waals surface area contributed by atoms with Gasteiger partial charge in [0.15, 0.2) is 0 Å². The summed E-state index contributed by atoms with van der Waals surface area (Å²) in [7, 11) is 1.52. The predicted molar refractivity (Wildman–Crippen MR) is 74.2 cm³/mol. The van der Waals surface area contributed by atoms with Gasteiger partial charge in [-0.05, 0) is 26.0 Å². The molecule has 110 valence electrons. The topological polar surface area (TPSA) is 122 Å². The second-order valence-electron chi connectivity index (χ2n) is 5.11. The minimum atomic E-state index is -1.05. The van der Waals surface area contributed by atoms with Gasteiger partial charge in [0.05, 0.1) is 10.5 Å². The Morgan fingerprint density at radius 3 is 2.60 bits per heavy atom. The van der Waals surface area contributed by atoms with Gasteiger partial charge in [-0.3, -0.25) is 20.8 Å². The molecule has 0 unspecified atom stereocenters. The fourth-order valence-electron chi connectivity index (χ4n) is 1.81. The Labute approximate surface area is 116 Å². The van der Waals surface area contributed by atoms with Crippen molar-refractivity contribution in [3.8, 4) is 0 Å². The maximum absolute atomic E-state index is 12.1. The van der Waals surface area contributed by atoms with E-state index in [1.807, 2.05) is 0 Å². The van der Waals surface area contributed by atoms with E-state index in [0.29, 0.717) is 0 Å². The van der Waals surface area contributed by atoms with E-state index in [-0.39, 0.29) is 23.5 Å². The second-order valence-corrected chi connectivity index (χ2v) is 5.11. The summed E-state index contributed by atoms with van der Waals surface area (Å²) in [5.74, 6) is 4.76. The number of benzene rings is 1. The maximum atomic E-state index is 12.1. The van der Waals surface area contributed by atoms with E-state index in [4.69, 9.17) is 5.84 Å². The van der Waals surface area contributed by atoms with Crippen LogP contribution in [0.1, 0.15) is 24.2 Å². The molecule has 1 aromatic rings. The van der Waals surface area contributed by atoms with Crippen molar-refractivity contribution < 1.29 is 14.8 Å². The minimum Gasteiger partial charge on any atom is -0.389 e. The Hall–Kier alpha value is -2.19. The van der Waals surface area contributed by atoms with Gasteiger partial charge in [-0.15, -0.1) is 0 Å². The van der Waals surface area contributed by atoms with Crippen LogP contribution in [0.4, 0.5) is 11.4 Å². The number of rotatable bonds is 5. The number of carbonyl (C=O) groups excluding carboxylic acids is 1. The first-order chi connectivity index (χ1) is 9.15. The first-order valence-corrected chi connectivity index (χ1v) is 5.88. The van der Waals surface area contributed by atoms with Crippen molar-refractivity contribution in [3.05, 3.63) is 33.9 Å². The molecule has 0 saturated heterocycles. The minimum absolute atomic E-state index is 0.108. The number of nitrogen functional groups attached to an aromatic ring is 1. The monoisotopic (exact) mass is 282 g/mol. The number of anilines is 1. The Morgan fingerprint density at radius 2 is 2.15 bits per heavy atom. The average molecular weight is 282 g/mol. The molecule has 1 amide bonds. The van der Waals surface area contributed by atoms with Crippen molar-refractivity contribution in [2.75, 3.05) is 19.0 Å². The molecular weight excluding hydrogens is 264 g/mol. The molecule has 0 fully saturated rings. The van der Waals surface area contributed by atoms with E-state index in [0.717, 1.165) is 6.07 Å². The van der Waals surface area contributed by atoms with E-state index in [1.54, 1.807) is 13.8 Å². The van der Waals surface area contributed by atoms with Crippen LogP contribution in [0.25, 0.3) is 0 Å². The highest BCUT2D eigenvalue weighted by Gasteiger charge is 2.23. The van der Waals surface area contributed by atoms with Gasteiger partial charge in [-0.1, -0.05) is 0 Å². The first-order valence-electron chi connectivity index (χ1n) is 5.88. The molecule has 4 N–H and O–H groups in total. The fourth-order valence-corrected chi connectivity index (χ4v) is 1.81. The van der Waals surface area contributed by atoms with Crippen molar-refractivity contribution in [2.24, 2.45) is 5.84 Å². The third-order valence-corrected chi connectivity index (χ3v) is 2.57. The number of carbonyl (C=O) groups is 1. The maximum Gasteiger partial charge on any atom is 0.294 e. The molecule has 0 spiro atoms. The first kappa shape index (κ1) is 15.9. The number of hydrogen-bond acceptors (Lipinski definition) is 6. The SMILES string of the molecule is CN(CC(C)(C)O)C(=O)c1ccc(NN)c([N+](=O)[O-])c1.